The zero-order chi connectivity index (χ0) is 12.3. The average molecular weight is 234 g/mol. The molecule has 0 aromatic carbocycles. The Bertz CT molecular complexity index is 372. The third-order valence-corrected chi connectivity index (χ3v) is 2.75. The smallest absolute Gasteiger partial charge is 0.135 e. The topological polar surface area (TPSA) is 49.8 Å². The van der Waals surface area contributed by atoms with E-state index in [2.05, 4.69) is 41.4 Å². The van der Waals surface area contributed by atoms with E-state index in [0.29, 0.717) is 12.0 Å². The number of nitrogens with zero attached hydrogens (tertiary/aromatic N) is 2. The molecule has 1 aromatic rings. The maximum absolute atomic E-state index is 4.56. The SMILES string of the molecule is CCCNc1cc(NC2CC2)nc(C(C)C)n1. The molecule has 0 unspecified atom stereocenters. The van der Waals surface area contributed by atoms with E-state index in [9.17, 15) is 0 Å². The molecule has 1 heterocycles. The molecule has 0 bridgehead atoms. The Morgan fingerprint density at radius 2 is 2.00 bits per heavy atom. The van der Waals surface area contributed by atoms with Gasteiger partial charge in [0.15, 0.2) is 0 Å². The quantitative estimate of drug-likeness (QED) is 0.794. The molecule has 1 aliphatic carbocycles. The number of anilines is 2. The predicted octanol–water partition coefficient (Wildman–Crippen LogP) is 3.00. The van der Waals surface area contributed by atoms with Crippen LogP contribution in [0.5, 0.6) is 0 Å². The Balaban J connectivity index is 2.14. The van der Waals surface area contributed by atoms with Crippen LogP contribution in [-0.4, -0.2) is 22.6 Å². The van der Waals surface area contributed by atoms with Crippen molar-refractivity contribution in [1.29, 1.82) is 0 Å². The fourth-order valence-corrected chi connectivity index (χ4v) is 1.58. The van der Waals surface area contributed by atoms with Crippen LogP contribution in [0, 0.1) is 0 Å². The first-order valence-electron chi connectivity index (χ1n) is 6.58. The maximum atomic E-state index is 4.56. The summed E-state index contributed by atoms with van der Waals surface area (Å²) in [5.74, 6) is 3.17. The minimum absolute atomic E-state index is 0.359. The van der Waals surface area contributed by atoms with Crippen molar-refractivity contribution in [1.82, 2.24) is 9.97 Å². The first kappa shape index (κ1) is 12.1. The van der Waals surface area contributed by atoms with Gasteiger partial charge in [-0.3, -0.25) is 0 Å². The van der Waals surface area contributed by atoms with Gasteiger partial charge in [0.1, 0.15) is 17.5 Å². The van der Waals surface area contributed by atoms with Gasteiger partial charge >= 0.3 is 0 Å². The molecule has 0 radical (unpaired) electrons. The Kier molecular flexibility index (Phi) is 3.82. The van der Waals surface area contributed by atoms with Crippen molar-refractivity contribution in [2.45, 2.75) is 52.0 Å². The highest BCUT2D eigenvalue weighted by atomic mass is 15.1. The van der Waals surface area contributed by atoms with Gasteiger partial charge in [-0.1, -0.05) is 20.8 Å². The third kappa shape index (κ3) is 3.58. The lowest BCUT2D eigenvalue weighted by atomic mass is 10.2. The molecule has 1 aromatic heterocycles. The lowest BCUT2D eigenvalue weighted by Crippen LogP contribution is -2.10. The molecule has 1 fully saturated rings. The van der Waals surface area contributed by atoms with Crippen LogP contribution in [0.2, 0.25) is 0 Å². The molecule has 1 saturated carbocycles. The summed E-state index contributed by atoms with van der Waals surface area (Å²) in [7, 11) is 0. The van der Waals surface area contributed by atoms with Crippen LogP contribution in [-0.2, 0) is 0 Å². The highest BCUT2D eigenvalue weighted by molar-refractivity contribution is 5.49. The van der Waals surface area contributed by atoms with E-state index in [-0.39, 0.29) is 0 Å². The van der Waals surface area contributed by atoms with Gasteiger partial charge in [-0.05, 0) is 19.3 Å². The van der Waals surface area contributed by atoms with Crippen molar-refractivity contribution in [2.24, 2.45) is 0 Å². The van der Waals surface area contributed by atoms with Gasteiger partial charge in [0.05, 0.1) is 0 Å². The Morgan fingerprint density at radius 3 is 2.59 bits per heavy atom. The summed E-state index contributed by atoms with van der Waals surface area (Å²) in [6.45, 7) is 7.36. The van der Waals surface area contributed by atoms with Crippen LogP contribution in [0.3, 0.4) is 0 Å². The Labute approximate surface area is 103 Å². The normalized spacial score (nSPS) is 15.1. The molecule has 0 saturated heterocycles. The van der Waals surface area contributed by atoms with Gasteiger partial charge in [0.25, 0.3) is 0 Å². The molecule has 17 heavy (non-hydrogen) atoms. The summed E-state index contributed by atoms with van der Waals surface area (Å²) in [4.78, 5) is 9.09. The molecule has 0 spiro atoms. The van der Waals surface area contributed by atoms with Crippen molar-refractivity contribution < 1.29 is 0 Å². The molecule has 0 atom stereocenters. The second kappa shape index (κ2) is 5.34. The van der Waals surface area contributed by atoms with Crippen LogP contribution in [0.25, 0.3) is 0 Å². The largest absolute Gasteiger partial charge is 0.370 e. The molecule has 94 valence electrons. The number of nitrogens with one attached hydrogen (secondary N) is 2. The van der Waals surface area contributed by atoms with Crippen molar-refractivity contribution in [2.75, 3.05) is 17.2 Å². The lowest BCUT2D eigenvalue weighted by molar-refractivity contribution is 0.773. The molecular weight excluding hydrogens is 212 g/mol. The minimum Gasteiger partial charge on any atom is -0.370 e. The molecule has 0 aliphatic heterocycles. The summed E-state index contributed by atoms with van der Waals surface area (Å²) in [6.07, 6.45) is 3.63. The summed E-state index contributed by atoms with van der Waals surface area (Å²) < 4.78 is 0. The fraction of sp³-hybridized carbons (Fsp3) is 0.692. The van der Waals surface area contributed by atoms with E-state index in [1.807, 2.05) is 6.07 Å². The lowest BCUT2D eigenvalue weighted by Gasteiger charge is -2.12. The summed E-state index contributed by atoms with van der Waals surface area (Å²) >= 11 is 0. The predicted molar refractivity (Wildman–Crippen MR) is 71.5 cm³/mol. The first-order valence-corrected chi connectivity index (χ1v) is 6.58. The zero-order valence-corrected chi connectivity index (χ0v) is 11.0. The zero-order valence-electron chi connectivity index (χ0n) is 11.0. The van der Waals surface area contributed by atoms with E-state index >= 15 is 0 Å². The molecule has 2 N–H and O–H groups in total. The monoisotopic (exact) mass is 234 g/mol. The van der Waals surface area contributed by atoms with E-state index in [1.165, 1.54) is 12.8 Å². The molecule has 2 rings (SSSR count). The van der Waals surface area contributed by atoms with E-state index in [1.54, 1.807) is 0 Å². The first-order chi connectivity index (χ1) is 8.19. The van der Waals surface area contributed by atoms with Gasteiger partial charge < -0.3 is 10.6 Å². The van der Waals surface area contributed by atoms with Crippen molar-refractivity contribution >= 4 is 11.6 Å². The van der Waals surface area contributed by atoms with Crippen LogP contribution in [0.1, 0.15) is 51.8 Å². The third-order valence-electron chi connectivity index (χ3n) is 2.75. The molecule has 4 heteroatoms. The molecule has 4 nitrogen and oxygen atoms in total. The summed E-state index contributed by atoms with van der Waals surface area (Å²) in [5.41, 5.74) is 0. The van der Waals surface area contributed by atoms with E-state index in [4.69, 9.17) is 0 Å². The van der Waals surface area contributed by atoms with Crippen LogP contribution in [0.4, 0.5) is 11.6 Å². The molecule has 1 aliphatic rings. The highest BCUT2D eigenvalue weighted by Gasteiger charge is 2.22. The van der Waals surface area contributed by atoms with Crippen molar-refractivity contribution in [3.63, 3.8) is 0 Å². The molecular formula is C13H22N4. The number of rotatable bonds is 6. The van der Waals surface area contributed by atoms with Gasteiger partial charge in [-0.15, -0.1) is 0 Å². The highest BCUT2D eigenvalue weighted by Crippen LogP contribution is 2.25. The maximum Gasteiger partial charge on any atom is 0.135 e. The minimum atomic E-state index is 0.359. The summed E-state index contributed by atoms with van der Waals surface area (Å²) in [6, 6.07) is 2.64. The van der Waals surface area contributed by atoms with E-state index in [0.717, 1.165) is 30.4 Å². The second-order valence-electron chi connectivity index (χ2n) is 5.00. The van der Waals surface area contributed by atoms with Crippen LogP contribution in [0.15, 0.2) is 6.07 Å². The van der Waals surface area contributed by atoms with E-state index < -0.39 is 0 Å². The molecule has 0 amide bonds. The number of hydrogen-bond acceptors (Lipinski definition) is 4. The van der Waals surface area contributed by atoms with Gasteiger partial charge in [-0.2, -0.15) is 0 Å². The van der Waals surface area contributed by atoms with Gasteiger partial charge in [-0.25, -0.2) is 9.97 Å². The van der Waals surface area contributed by atoms with Crippen molar-refractivity contribution in [3.8, 4) is 0 Å². The number of aromatic nitrogens is 2. The van der Waals surface area contributed by atoms with Crippen LogP contribution >= 0.6 is 0 Å². The summed E-state index contributed by atoms with van der Waals surface area (Å²) in [5, 5.41) is 6.77. The second-order valence-corrected chi connectivity index (χ2v) is 5.00. The van der Waals surface area contributed by atoms with Gasteiger partial charge in [0.2, 0.25) is 0 Å². The Hall–Kier alpha value is -1.32. The average Bonchev–Trinajstić information content (AvgIpc) is 3.10. The Morgan fingerprint density at radius 1 is 1.29 bits per heavy atom. The van der Waals surface area contributed by atoms with Gasteiger partial charge in [0, 0.05) is 24.6 Å². The number of hydrogen-bond donors (Lipinski definition) is 2. The van der Waals surface area contributed by atoms with Crippen LogP contribution < -0.4 is 10.6 Å². The standard InChI is InChI=1S/C13H22N4/c1-4-7-14-11-8-12(15-10-5-6-10)17-13(16-11)9(2)3/h8-10H,4-7H2,1-3H3,(H2,14,15,16,17). The fourth-order valence-electron chi connectivity index (χ4n) is 1.58. The van der Waals surface area contributed by atoms with Crippen molar-refractivity contribution in [3.05, 3.63) is 11.9 Å².